The smallest absolute Gasteiger partial charge is 0.274 e. The number of hydrogen-bond donors (Lipinski definition) is 4. The lowest BCUT2D eigenvalue weighted by Gasteiger charge is -2.15. The molecule has 120 valence electrons. The topological polar surface area (TPSA) is 90.5 Å². The van der Waals surface area contributed by atoms with Gasteiger partial charge in [0.2, 0.25) is 0 Å². The predicted octanol–water partition coefficient (Wildman–Crippen LogP) is 2.29. The second-order valence-electron chi connectivity index (χ2n) is 4.99. The van der Waals surface area contributed by atoms with Crippen LogP contribution in [-0.2, 0) is 4.79 Å². The fourth-order valence-corrected chi connectivity index (χ4v) is 2.10. The van der Waals surface area contributed by atoms with Crippen LogP contribution in [0.2, 0.25) is 0 Å². The van der Waals surface area contributed by atoms with Crippen LogP contribution < -0.4 is 16.1 Å². The Balaban J connectivity index is 1.84. The molecule has 1 atom stereocenters. The van der Waals surface area contributed by atoms with Gasteiger partial charge in [0.1, 0.15) is 6.29 Å². The van der Waals surface area contributed by atoms with E-state index in [2.05, 4.69) is 10.6 Å². The Bertz CT molecular complexity index is 629. The molecule has 6 heteroatoms. The highest BCUT2D eigenvalue weighted by Crippen LogP contribution is 2.12. The molecule has 1 unspecified atom stereocenters. The van der Waals surface area contributed by atoms with Crippen molar-refractivity contribution < 1.29 is 14.8 Å². The van der Waals surface area contributed by atoms with Crippen LogP contribution in [0.25, 0.3) is 0 Å². The maximum atomic E-state index is 11.2. The molecule has 2 aromatic rings. The van der Waals surface area contributed by atoms with Crippen molar-refractivity contribution in [3.63, 3.8) is 0 Å². The average molecular weight is 313 g/mol. The first kappa shape index (κ1) is 16.5. The van der Waals surface area contributed by atoms with Crippen LogP contribution >= 0.6 is 0 Å². The Morgan fingerprint density at radius 2 is 1.74 bits per heavy atom. The third-order valence-corrected chi connectivity index (χ3v) is 3.32. The highest BCUT2D eigenvalue weighted by atomic mass is 16.5. The number of anilines is 2. The van der Waals surface area contributed by atoms with E-state index in [0.29, 0.717) is 18.5 Å². The quantitative estimate of drug-likeness (QED) is 0.341. The molecule has 4 N–H and O–H groups in total. The molecule has 0 fully saturated rings. The van der Waals surface area contributed by atoms with Crippen molar-refractivity contribution in [2.24, 2.45) is 0 Å². The van der Waals surface area contributed by atoms with E-state index in [1.165, 1.54) is 0 Å². The molecule has 0 aliphatic heterocycles. The lowest BCUT2D eigenvalue weighted by Crippen LogP contribution is -2.24. The molecule has 0 bridgehead atoms. The fraction of sp³-hybridized carbons (Fsp3) is 0.176. The molecule has 0 spiro atoms. The molecule has 23 heavy (non-hydrogen) atoms. The third-order valence-electron chi connectivity index (χ3n) is 3.32. The van der Waals surface area contributed by atoms with Gasteiger partial charge in [0, 0.05) is 23.5 Å². The highest BCUT2D eigenvalue weighted by molar-refractivity contribution is 5.93. The Morgan fingerprint density at radius 3 is 2.35 bits per heavy atom. The van der Waals surface area contributed by atoms with E-state index in [1.54, 1.807) is 29.7 Å². The molecule has 0 radical (unpaired) electrons. The van der Waals surface area contributed by atoms with Crippen LogP contribution in [0, 0.1) is 0 Å². The number of rotatable bonds is 8. The molecule has 2 aromatic carbocycles. The van der Waals surface area contributed by atoms with E-state index in [0.717, 1.165) is 17.7 Å². The summed E-state index contributed by atoms with van der Waals surface area (Å²) in [5.74, 6) is -0.574. The zero-order valence-corrected chi connectivity index (χ0v) is 12.5. The van der Waals surface area contributed by atoms with Gasteiger partial charge in [-0.25, -0.2) is 5.48 Å². The minimum absolute atomic E-state index is 0.330. The van der Waals surface area contributed by atoms with Gasteiger partial charge in [-0.15, -0.1) is 0 Å². The third kappa shape index (κ3) is 5.12. The van der Waals surface area contributed by atoms with Gasteiger partial charge in [-0.1, -0.05) is 18.2 Å². The standard InChI is InChI=1S/C17H19N3O3/c21-12-16(10-11-18-14-4-2-1-3-5-14)19-15-8-6-13(7-9-15)17(22)20-23/h1-9,12,16,18-19,23H,10-11H2,(H,20,22). The predicted molar refractivity (Wildman–Crippen MR) is 88.7 cm³/mol. The summed E-state index contributed by atoms with van der Waals surface area (Å²) in [6.45, 7) is 0.658. The second kappa shape index (κ2) is 8.55. The summed E-state index contributed by atoms with van der Waals surface area (Å²) < 4.78 is 0. The van der Waals surface area contributed by atoms with Crippen LogP contribution in [0.15, 0.2) is 54.6 Å². The number of benzene rings is 2. The van der Waals surface area contributed by atoms with Crippen LogP contribution in [0.4, 0.5) is 11.4 Å². The lowest BCUT2D eigenvalue weighted by atomic mass is 10.1. The highest BCUT2D eigenvalue weighted by Gasteiger charge is 2.08. The summed E-state index contributed by atoms with van der Waals surface area (Å²) in [6.07, 6.45) is 1.48. The summed E-state index contributed by atoms with van der Waals surface area (Å²) in [4.78, 5) is 22.4. The first-order chi connectivity index (χ1) is 11.2. The van der Waals surface area contributed by atoms with Crippen LogP contribution in [0.5, 0.6) is 0 Å². The van der Waals surface area contributed by atoms with E-state index in [-0.39, 0.29) is 6.04 Å². The van der Waals surface area contributed by atoms with Crippen LogP contribution in [0.3, 0.4) is 0 Å². The van der Waals surface area contributed by atoms with Crippen LogP contribution in [0.1, 0.15) is 16.8 Å². The zero-order valence-electron chi connectivity index (χ0n) is 12.5. The van der Waals surface area contributed by atoms with Gasteiger partial charge in [0.25, 0.3) is 5.91 Å². The normalized spacial score (nSPS) is 11.3. The summed E-state index contributed by atoms with van der Waals surface area (Å²) >= 11 is 0. The number of amides is 1. The summed E-state index contributed by atoms with van der Waals surface area (Å²) in [5, 5.41) is 14.9. The molecule has 0 aromatic heterocycles. The Morgan fingerprint density at radius 1 is 1.04 bits per heavy atom. The maximum absolute atomic E-state index is 11.2. The van der Waals surface area contributed by atoms with E-state index in [9.17, 15) is 9.59 Å². The minimum Gasteiger partial charge on any atom is -0.385 e. The van der Waals surface area contributed by atoms with E-state index >= 15 is 0 Å². The first-order valence-electron chi connectivity index (χ1n) is 7.28. The minimum atomic E-state index is -0.574. The molecular weight excluding hydrogens is 294 g/mol. The average Bonchev–Trinajstić information content (AvgIpc) is 2.61. The molecule has 2 rings (SSSR count). The van der Waals surface area contributed by atoms with Crippen molar-refractivity contribution in [2.75, 3.05) is 17.2 Å². The van der Waals surface area contributed by atoms with E-state index in [1.807, 2.05) is 30.3 Å². The van der Waals surface area contributed by atoms with Gasteiger partial charge < -0.3 is 15.4 Å². The van der Waals surface area contributed by atoms with Crippen LogP contribution in [-0.4, -0.2) is 30.0 Å². The summed E-state index contributed by atoms with van der Waals surface area (Å²) in [6, 6.07) is 15.9. The largest absolute Gasteiger partial charge is 0.385 e. The van der Waals surface area contributed by atoms with Gasteiger partial charge in [-0.3, -0.25) is 10.0 Å². The fourth-order valence-electron chi connectivity index (χ4n) is 2.10. The number of hydroxylamine groups is 1. The summed E-state index contributed by atoms with van der Waals surface area (Å²) in [5.41, 5.74) is 3.66. The van der Waals surface area contributed by atoms with Crippen molar-refractivity contribution in [3.05, 3.63) is 60.2 Å². The molecule has 0 aliphatic rings. The van der Waals surface area contributed by atoms with Gasteiger partial charge >= 0.3 is 0 Å². The molecule has 0 saturated carbocycles. The Labute approximate surface area is 134 Å². The summed E-state index contributed by atoms with van der Waals surface area (Å²) in [7, 11) is 0. The van der Waals surface area contributed by atoms with Crippen molar-refractivity contribution >= 4 is 23.6 Å². The Hall–Kier alpha value is -2.86. The van der Waals surface area contributed by atoms with Crippen molar-refractivity contribution in [1.29, 1.82) is 0 Å². The molecule has 0 aliphatic carbocycles. The molecular formula is C17H19N3O3. The van der Waals surface area contributed by atoms with E-state index < -0.39 is 5.91 Å². The van der Waals surface area contributed by atoms with Crippen molar-refractivity contribution in [1.82, 2.24) is 5.48 Å². The van der Waals surface area contributed by atoms with Crippen molar-refractivity contribution in [2.45, 2.75) is 12.5 Å². The molecule has 6 nitrogen and oxygen atoms in total. The van der Waals surface area contributed by atoms with Gasteiger partial charge in [-0.05, 0) is 42.8 Å². The molecule has 0 heterocycles. The SMILES string of the molecule is O=CC(CCNc1ccccc1)Nc1ccc(C(=O)NO)cc1. The Kier molecular flexibility index (Phi) is 6.14. The number of aldehydes is 1. The monoisotopic (exact) mass is 313 g/mol. The lowest BCUT2D eigenvalue weighted by molar-refractivity contribution is -0.108. The van der Waals surface area contributed by atoms with Gasteiger partial charge in [0.05, 0.1) is 6.04 Å². The van der Waals surface area contributed by atoms with Gasteiger partial charge in [0.15, 0.2) is 0 Å². The molecule has 1 amide bonds. The van der Waals surface area contributed by atoms with E-state index in [4.69, 9.17) is 5.21 Å². The number of para-hydroxylation sites is 1. The number of hydrogen-bond acceptors (Lipinski definition) is 5. The van der Waals surface area contributed by atoms with Gasteiger partial charge in [-0.2, -0.15) is 0 Å². The maximum Gasteiger partial charge on any atom is 0.274 e. The second-order valence-corrected chi connectivity index (χ2v) is 4.99. The number of carbonyl (C=O) groups is 2. The first-order valence-corrected chi connectivity index (χ1v) is 7.28. The zero-order chi connectivity index (χ0) is 16.5. The number of nitrogens with one attached hydrogen (secondary N) is 3. The number of carbonyl (C=O) groups excluding carboxylic acids is 2. The molecule has 0 saturated heterocycles. The van der Waals surface area contributed by atoms with Crippen molar-refractivity contribution in [3.8, 4) is 0 Å².